The highest BCUT2D eigenvalue weighted by molar-refractivity contribution is 5.27. The summed E-state index contributed by atoms with van der Waals surface area (Å²) in [6.07, 6.45) is -0.261. The van der Waals surface area contributed by atoms with Gasteiger partial charge in [-0.25, -0.2) is 0 Å². The van der Waals surface area contributed by atoms with Gasteiger partial charge < -0.3 is 19.9 Å². The molecule has 2 aromatic carbocycles. The van der Waals surface area contributed by atoms with Crippen molar-refractivity contribution >= 4 is 0 Å². The van der Waals surface area contributed by atoms with Crippen LogP contribution in [0, 0.1) is 0 Å². The molecule has 1 atom stereocenters. The maximum absolute atomic E-state index is 10.2. The summed E-state index contributed by atoms with van der Waals surface area (Å²) in [7, 11) is 2.00. The quantitative estimate of drug-likeness (QED) is 0.518. The van der Waals surface area contributed by atoms with E-state index in [0.29, 0.717) is 6.54 Å². The maximum atomic E-state index is 10.2. The van der Waals surface area contributed by atoms with Crippen LogP contribution in [0.25, 0.3) is 0 Å². The zero-order chi connectivity index (χ0) is 20.2. The minimum atomic E-state index is -0.531. The van der Waals surface area contributed by atoms with Crippen molar-refractivity contribution in [2.45, 2.75) is 39.1 Å². The lowest BCUT2D eigenvalue weighted by atomic mass is 10.2. The monoisotopic (exact) mass is 386 g/mol. The minimum absolute atomic E-state index is 0.270. The van der Waals surface area contributed by atoms with Crippen molar-refractivity contribution in [2.24, 2.45) is 0 Å². The number of rotatable bonds is 13. The van der Waals surface area contributed by atoms with Crippen LogP contribution in [0.15, 0.2) is 54.6 Å². The maximum Gasteiger partial charge on any atom is 0.119 e. The van der Waals surface area contributed by atoms with Crippen molar-refractivity contribution in [1.82, 2.24) is 10.2 Å². The standard InChI is InChI=1S/C23H34N2O3/c1-19(2)27-14-13-24-15-20-9-11-23(12-10-20)28-18-22(26)17-25(3)16-21-7-5-4-6-8-21/h4-12,19,22,24,26H,13-18H2,1-3H3/t22-/m0/s1. The Bertz CT molecular complexity index is 647. The predicted octanol–water partition coefficient (Wildman–Crippen LogP) is 3.07. The van der Waals surface area contributed by atoms with Crippen LogP contribution in [0.2, 0.25) is 0 Å². The Balaban J connectivity index is 1.63. The molecule has 0 spiro atoms. The number of aliphatic hydroxyl groups excluding tert-OH is 1. The van der Waals surface area contributed by atoms with Crippen LogP contribution in [0.4, 0.5) is 0 Å². The van der Waals surface area contributed by atoms with Crippen molar-refractivity contribution in [2.75, 3.05) is 33.4 Å². The van der Waals surface area contributed by atoms with Crippen molar-refractivity contribution in [3.8, 4) is 5.75 Å². The summed E-state index contributed by atoms with van der Waals surface area (Å²) in [6.45, 7) is 8.08. The molecule has 5 heteroatoms. The van der Waals surface area contributed by atoms with Gasteiger partial charge in [-0.15, -0.1) is 0 Å². The molecule has 0 aliphatic heterocycles. The van der Waals surface area contributed by atoms with E-state index in [9.17, 15) is 5.11 Å². The van der Waals surface area contributed by atoms with Crippen LogP contribution < -0.4 is 10.1 Å². The normalized spacial score (nSPS) is 12.5. The minimum Gasteiger partial charge on any atom is -0.491 e. The third kappa shape index (κ3) is 9.33. The molecule has 5 nitrogen and oxygen atoms in total. The van der Waals surface area contributed by atoms with Gasteiger partial charge >= 0.3 is 0 Å². The van der Waals surface area contributed by atoms with Gasteiger partial charge in [0.1, 0.15) is 18.5 Å². The van der Waals surface area contributed by atoms with Crippen LogP contribution in [0.1, 0.15) is 25.0 Å². The SMILES string of the molecule is CC(C)OCCNCc1ccc(OC[C@@H](O)CN(C)Cc2ccccc2)cc1. The number of benzene rings is 2. The van der Waals surface area contributed by atoms with E-state index in [-0.39, 0.29) is 12.7 Å². The van der Waals surface area contributed by atoms with Crippen LogP contribution in [-0.4, -0.2) is 55.6 Å². The fourth-order valence-electron chi connectivity index (χ4n) is 2.87. The molecule has 2 N–H and O–H groups in total. The molecule has 0 radical (unpaired) electrons. The molecule has 2 rings (SSSR count). The molecule has 0 unspecified atom stereocenters. The van der Waals surface area contributed by atoms with Gasteiger partial charge in [-0.2, -0.15) is 0 Å². The second-order valence-electron chi connectivity index (χ2n) is 7.39. The molecule has 0 saturated heterocycles. The van der Waals surface area contributed by atoms with Crippen LogP contribution in [0.5, 0.6) is 5.75 Å². The van der Waals surface area contributed by atoms with E-state index >= 15 is 0 Å². The van der Waals surface area contributed by atoms with Crippen molar-refractivity contribution in [1.29, 1.82) is 0 Å². The van der Waals surface area contributed by atoms with Gasteiger partial charge in [0.25, 0.3) is 0 Å². The Morgan fingerprint density at radius 3 is 2.39 bits per heavy atom. The number of hydrogen-bond acceptors (Lipinski definition) is 5. The van der Waals surface area contributed by atoms with E-state index in [0.717, 1.165) is 32.0 Å². The first-order chi connectivity index (χ1) is 13.5. The summed E-state index contributed by atoms with van der Waals surface area (Å²) in [5, 5.41) is 13.6. The van der Waals surface area contributed by atoms with Crippen LogP contribution >= 0.6 is 0 Å². The Morgan fingerprint density at radius 2 is 1.71 bits per heavy atom. The molecule has 0 saturated carbocycles. The number of hydrogen-bond donors (Lipinski definition) is 2. The Hall–Kier alpha value is -1.92. The first-order valence-electron chi connectivity index (χ1n) is 9.97. The second kappa shape index (κ2) is 12.5. The average molecular weight is 387 g/mol. The molecule has 0 aliphatic rings. The lowest BCUT2D eigenvalue weighted by Crippen LogP contribution is -2.32. The van der Waals surface area contributed by atoms with Crippen molar-refractivity contribution < 1.29 is 14.6 Å². The smallest absolute Gasteiger partial charge is 0.119 e. The molecular weight excluding hydrogens is 352 g/mol. The van der Waals surface area contributed by atoms with E-state index in [1.165, 1.54) is 11.1 Å². The van der Waals surface area contributed by atoms with Crippen LogP contribution in [0.3, 0.4) is 0 Å². The fraction of sp³-hybridized carbons (Fsp3) is 0.478. The zero-order valence-electron chi connectivity index (χ0n) is 17.3. The highest BCUT2D eigenvalue weighted by Gasteiger charge is 2.10. The Kier molecular flexibility index (Phi) is 10.0. The zero-order valence-corrected chi connectivity index (χ0v) is 17.3. The third-order valence-corrected chi connectivity index (χ3v) is 4.24. The lowest BCUT2D eigenvalue weighted by molar-refractivity contribution is 0.0744. The van der Waals surface area contributed by atoms with E-state index in [4.69, 9.17) is 9.47 Å². The van der Waals surface area contributed by atoms with Gasteiger partial charge in [0.05, 0.1) is 12.7 Å². The summed E-state index contributed by atoms with van der Waals surface area (Å²) in [4.78, 5) is 2.10. The number of nitrogens with zero attached hydrogens (tertiary/aromatic N) is 1. The molecule has 154 valence electrons. The van der Waals surface area contributed by atoms with Gasteiger partial charge in [-0.3, -0.25) is 4.90 Å². The summed E-state index contributed by atoms with van der Waals surface area (Å²) < 4.78 is 11.2. The molecule has 0 aliphatic carbocycles. The molecule has 0 heterocycles. The summed E-state index contributed by atoms with van der Waals surface area (Å²) in [5.41, 5.74) is 2.43. The molecule has 28 heavy (non-hydrogen) atoms. The molecule has 2 aromatic rings. The van der Waals surface area contributed by atoms with E-state index in [1.54, 1.807) is 0 Å². The summed E-state index contributed by atoms with van der Waals surface area (Å²) >= 11 is 0. The highest BCUT2D eigenvalue weighted by atomic mass is 16.5. The highest BCUT2D eigenvalue weighted by Crippen LogP contribution is 2.13. The van der Waals surface area contributed by atoms with Crippen molar-refractivity contribution in [3.05, 3.63) is 65.7 Å². The van der Waals surface area contributed by atoms with Crippen molar-refractivity contribution in [3.63, 3.8) is 0 Å². The number of aliphatic hydroxyl groups is 1. The fourth-order valence-corrected chi connectivity index (χ4v) is 2.87. The summed E-state index contributed by atoms with van der Waals surface area (Å²) in [6, 6.07) is 18.2. The third-order valence-electron chi connectivity index (χ3n) is 4.24. The van der Waals surface area contributed by atoms with Gasteiger partial charge in [0.2, 0.25) is 0 Å². The predicted molar refractivity (Wildman–Crippen MR) is 114 cm³/mol. The second-order valence-corrected chi connectivity index (χ2v) is 7.39. The van der Waals surface area contributed by atoms with Gasteiger partial charge in [-0.1, -0.05) is 42.5 Å². The van der Waals surface area contributed by atoms with Gasteiger partial charge in [0, 0.05) is 26.2 Å². The van der Waals surface area contributed by atoms with E-state index in [2.05, 4.69) is 22.3 Å². The molecule has 0 amide bonds. The molecule has 0 fully saturated rings. The molecule has 0 bridgehead atoms. The first kappa shape index (κ1) is 22.4. The number of nitrogens with one attached hydrogen (secondary N) is 1. The Labute approximate surface area is 169 Å². The van der Waals surface area contributed by atoms with Crippen LogP contribution in [-0.2, 0) is 17.8 Å². The molecular formula is C23H34N2O3. The van der Waals surface area contributed by atoms with E-state index in [1.807, 2.05) is 63.4 Å². The first-order valence-corrected chi connectivity index (χ1v) is 9.97. The van der Waals surface area contributed by atoms with E-state index < -0.39 is 6.10 Å². The number of ether oxygens (including phenoxy) is 2. The topological polar surface area (TPSA) is 54.0 Å². The largest absolute Gasteiger partial charge is 0.491 e. The Morgan fingerprint density at radius 1 is 1.00 bits per heavy atom. The molecule has 0 aromatic heterocycles. The van der Waals surface area contributed by atoms with Gasteiger partial charge in [-0.05, 0) is 44.2 Å². The lowest BCUT2D eigenvalue weighted by Gasteiger charge is -2.21. The average Bonchev–Trinajstić information content (AvgIpc) is 2.67. The number of likely N-dealkylation sites (N-methyl/N-ethyl adjacent to an activating group) is 1. The van der Waals surface area contributed by atoms with Gasteiger partial charge in [0.15, 0.2) is 0 Å². The summed E-state index contributed by atoms with van der Waals surface area (Å²) in [5.74, 6) is 0.775.